The maximum absolute atomic E-state index is 13.4. The molecule has 0 bridgehead atoms. The fraction of sp³-hybridized carbons (Fsp3) is 0.0400. The number of nitriles is 1. The van der Waals surface area contributed by atoms with Gasteiger partial charge in [0.1, 0.15) is 12.0 Å². The first-order valence-electron chi connectivity index (χ1n) is 9.59. The van der Waals surface area contributed by atoms with Gasteiger partial charge in [0.05, 0.1) is 17.0 Å². The van der Waals surface area contributed by atoms with Crippen molar-refractivity contribution in [2.75, 3.05) is 5.01 Å². The number of amidine groups is 1. The molecule has 2 aliphatic rings. The first-order chi connectivity index (χ1) is 14.8. The Hall–Kier alpha value is -4.30. The van der Waals surface area contributed by atoms with Gasteiger partial charge < -0.3 is 0 Å². The molecule has 2 heterocycles. The van der Waals surface area contributed by atoms with Gasteiger partial charge in [0.2, 0.25) is 0 Å². The van der Waals surface area contributed by atoms with Crippen molar-refractivity contribution in [1.29, 1.82) is 5.26 Å². The highest BCUT2D eigenvalue weighted by molar-refractivity contribution is 6.34. The van der Waals surface area contributed by atoms with Gasteiger partial charge in [-0.3, -0.25) is 4.79 Å². The molecule has 0 fully saturated rings. The van der Waals surface area contributed by atoms with E-state index in [1.165, 1.54) is 5.01 Å². The van der Waals surface area contributed by atoms with Crippen LogP contribution in [-0.2, 0) is 4.79 Å². The molecule has 0 saturated heterocycles. The van der Waals surface area contributed by atoms with Gasteiger partial charge in [-0.05, 0) is 23.3 Å². The quantitative estimate of drug-likeness (QED) is 0.665. The number of aliphatic imine (C=N–C) groups is 1. The van der Waals surface area contributed by atoms with Crippen LogP contribution >= 0.6 is 0 Å². The number of fused-ring (bicyclic) bond motifs is 1. The van der Waals surface area contributed by atoms with Crippen LogP contribution in [0.2, 0.25) is 0 Å². The lowest BCUT2D eigenvalue weighted by molar-refractivity contribution is -0.118. The second-order valence-electron chi connectivity index (χ2n) is 6.97. The van der Waals surface area contributed by atoms with E-state index in [-0.39, 0.29) is 5.91 Å². The number of dihydropyridines is 1. The Bertz CT molecular complexity index is 1250. The summed E-state index contributed by atoms with van der Waals surface area (Å²) >= 11 is 0. The second kappa shape index (κ2) is 7.26. The van der Waals surface area contributed by atoms with Crippen LogP contribution in [0.15, 0.2) is 107 Å². The Labute approximate surface area is 173 Å². The van der Waals surface area contributed by atoms with E-state index in [1.54, 1.807) is 0 Å². The number of para-hydroxylation sites is 1. The summed E-state index contributed by atoms with van der Waals surface area (Å²) < 4.78 is 0. The zero-order valence-electron chi connectivity index (χ0n) is 15.9. The minimum absolute atomic E-state index is 0.210. The molecule has 3 aromatic rings. The molecule has 5 rings (SSSR count). The summed E-state index contributed by atoms with van der Waals surface area (Å²) in [6.45, 7) is 0. The molecular weight excluding hydrogens is 372 g/mol. The van der Waals surface area contributed by atoms with Crippen LogP contribution in [0, 0.1) is 17.2 Å². The summed E-state index contributed by atoms with van der Waals surface area (Å²) in [5.41, 5.74) is 3.89. The molecule has 30 heavy (non-hydrogen) atoms. The Morgan fingerprint density at radius 3 is 1.97 bits per heavy atom. The SMILES string of the molecule is N#CC1=C(c2ccccc2)C2C(=O)N(c3ccccc3)N=C2N=C1c1ccccc1. The molecule has 3 aromatic carbocycles. The number of carbonyl (C=O) groups is 1. The molecule has 5 heteroatoms. The van der Waals surface area contributed by atoms with Crippen LogP contribution < -0.4 is 5.01 Å². The van der Waals surface area contributed by atoms with Crippen LogP contribution in [0.1, 0.15) is 11.1 Å². The normalized spacial score (nSPS) is 17.9. The largest absolute Gasteiger partial charge is 0.271 e. The molecule has 1 unspecified atom stereocenters. The molecule has 142 valence electrons. The minimum atomic E-state index is -0.713. The molecule has 5 nitrogen and oxygen atoms in total. The van der Waals surface area contributed by atoms with Crippen molar-refractivity contribution in [3.63, 3.8) is 0 Å². The molecule has 0 aromatic heterocycles. The van der Waals surface area contributed by atoms with E-state index in [1.807, 2.05) is 91.0 Å². The minimum Gasteiger partial charge on any atom is -0.271 e. The Kier molecular flexibility index (Phi) is 4.30. The highest BCUT2D eigenvalue weighted by atomic mass is 16.2. The maximum Gasteiger partial charge on any atom is 0.262 e. The van der Waals surface area contributed by atoms with E-state index < -0.39 is 5.92 Å². The van der Waals surface area contributed by atoms with Crippen molar-refractivity contribution in [3.05, 3.63) is 108 Å². The average Bonchev–Trinajstić information content (AvgIpc) is 3.15. The third-order valence-electron chi connectivity index (χ3n) is 5.18. The first kappa shape index (κ1) is 17.8. The van der Waals surface area contributed by atoms with Gasteiger partial charge in [0, 0.05) is 5.56 Å². The Morgan fingerprint density at radius 2 is 1.37 bits per heavy atom. The fourth-order valence-electron chi connectivity index (χ4n) is 3.83. The number of amides is 1. The summed E-state index contributed by atoms with van der Waals surface area (Å²) in [4.78, 5) is 18.1. The van der Waals surface area contributed by atoms with Crippen LogP contribution in [0.25, 0.3) is 5.57 Å². The molecule has 0 saturated carbocycles. The van der Waals surface area contributed by atoms with Gasteiger partial charge in [0.15, 0.2) is 5.84 Å². The lowest BCUT2D eigenvalue weighted by Crippen LogP contribution is -2.31. The van der Waals surface area contributed by atoms with Crippen molar-refractivity contribution in [2.45, 2.75) is 0 Å². The fourth-order valence-corrected chi connectivity index (χ4v) is 3.83. The predicted octanol–water partition coefficient (Wildman–Crippen LogP) is 4.44. The van der Waals surface area contributed by atoms with E-state index >= 15 is 0 Å². The van der Waals surface area contributed by atoms with Crippen LogP contribution in [0.5, 0.6) is 0 Å². The van der Waals surface area contributed by atoms with Gasteiger partial charge in [-0.1, -0.05) is 78.9 Å². The number of benzene rings is 3. The number of rotatable bonds is 3. The van der Waals surface area contributed by atoms with E-state index in [0.717, 1.165) is 11.1 Å². The van der Waals surface area contributed by atoms with Crippen LogP contribution in [-0.4, -0.2) is 17.5 Å². The number of allylic oxidation sites excluding steroid dienone is 1. The monoisotopic (exact) mass is 388 g/mol. The summed E-state index contributed by atoms with van der Waals surface area (Å²) in [6, 6.07) is 30.7. The molecular formula is C25H16N4O. The number of hydrazone groups is 1. The average molecular weight is 388 g/mol. The van der Waals surface area contributed by atoms with Crippen LogP contribution in [0.4, 0.5) is 5.69 Å². The van der Waals surface area contributed by atoms with Crippen molar-refractivity contribution in [3.8, 4) is 6.07 Å². The zero-order chi connectivity index (χ0) is 20.5. The molecule has 1 amide bonds. The molecule has 1 atom stereocenters. The number of nitrogens with zero attached hydrogens (tertiary/aromatic N) is 4. The van der Waals surface area contributed by atoms with Gasteiger partial charge in [0.25, 0.3) is 5.91 Å². The van der Waals surface area contributed by atoms with E-state index in [2.05, 4.69) is 11.2 Å². The molecule has 0 aliphatic carbocycles. The van der Waals surface area contributed by atoms with Crippen molar-refractivity contribution in [1.82, 2.24) is 0 Å². The molecule has 0 radical (unpaired) electrons. The van der Waals surface area contributed by atoms with E-state index in [4.69, 9.17) is 4.99 Å². The standard InChI is InChI=1S/C25H16N4O/c26-16-20-21(17-10-4-1-5-11-17)22-24(27-23(20)18-12-6-2-7-13-18)28-29(25(22)30)19-14-8-3-9-15-19/h1-15,22H. The van der Waals surface area contributed by atoms with Gasteiger partial charge in [-0.15, -0.1) is 5.10 Å². The van der Waals surface area contributed by atoms with E-state index in [0.29, 0.717) is 28.4 Å². The number of hydrogen-bond acceptors (Lipinski definition) is 4. The zero-order valence-corrected chi connectivity index (χ0v) is 15.9. The predicted molar refractivity (Wildman–Crippen MR) is 117 cm³/mol. The topological polar surface area (TPSA) is 68.8 Å². The molecule has 0 spiro atoms. The third-order valence-corrected chi connectivity index (χ3v) is 5.18. The highest BCUT2D eigenvalue weighted by Crippen LogP contribution is 2.39. The second-order valence-corrected chi connectivity index (χ2v) is 6.97. The first-order valence-corrected chi connectivity index (χ1v) is 9.59. The third kappa shape index (κ3) is 2.83. The smallest absolute Gasteiger partial charge is 0.262 e. The maximum atomic E-state index is 13.4. The van der Waals surface area contributed by atoms with Gasteiger partial charge in [-0.25, -0.2) is 4.99 Å². The Morgan fingerprint density at radius 1 is 0.800 bits per heavy atom. The number of carbonyl (C=O) groups excluding carboxylic acids is 1. The number of hydrogen-bond donors (Lipinski definition) is 0. The van der Waals surface area contributed by atoms with Crippen molar-refractivity contribution >= 4 is 28.7 Å². The van der Waals surface area contributed by atoms with Crippen LogP contribution in [0.3, 0.4) is 0 Å². The summed E-state index contributed by atoms with van der Waals surface area (Å²) in [5.74, 6) is -0.519. The molecule has 2 aliphatic heterocycles. The highest BCUT2D eigenvalue weighted by Gasteiger charge is 2.44. The van der Waals surface area contributed by atoms with Crippen molar-refractivity contribution in [2.24, 2.45) is 16.0 Å². The van der Waals surface area contributed by atoms with Crippen molar-refractivity contribution < 1.29 is 4.79 Å². The summed E-state index contributed by atoms with van der Waals surface area (Å²) in [6.07, 6.45) is 0. The Balaban J connectivity index is 1.74. The van der Waals surface area contributed by atoms with Gasteiger partial charge in [-0.2, -0.15) is 10.3 Å². The van der Waals surface area contributed by atoms with Gasteiger partial charge >= 0.3 is 0 Å². The lowest BCUT2D eigenvalue weighted by atomic mass is 9.82. The molecule has 0 N–H and O–H groups in total. The number of anilines is 1. The van der Waals surface area contributed by atoms with E-state index in [9.17, 15) is 10.1 Å². The lowest BCUT2D eigenvalue weighted by Gasteiger charge is -2.22. The summed E-state index contributed by atoms with van der Waals surface area (Å²) in [7, 11) is 0. The summed E-state index contributed by atoms with van der Waals surface area (Å²) in [5, 5.41) is 16.0.